The van der Waals surface area contributed by atoms with Crippen LogP contribution in [0.4, 0.5) is 0 Å². The molecule has 12 heavy (non-hydrogen) atoms. The van der Waals surface area contributed by atoms with Crippen LogP contribution in [0.2, 0.25) is 0 Å². The molecule has 1 aliphatic rings. The Morgan fingerprint density at radius 2 is 1.58 bits per heavy atom. The van der Waals surface area contributed by atoms with E-state index in [1.54, 1.807) is 6.92 Å². The average Bonchev–Trinajstić information content (AvgIpc) is 1.97. The van der Waals surface area contributed by atoms with Crippen LogP contribution in [-0.4, -0.2) is 34.1 Å². The molecule has 72 valence electrons. The summed E-state index contributed by atoms with van der Waals surface area (Å²) in [6.07, 6.45) is -1.72. The van der Waals surface area contributed by atoms with Crippen LogP contribution in [0, 0.1) is 5.92 Å². The van der Waals surface area contributed by atoms with Crippen LogP contribution >= 0.6 is 0 Å². The van der Waals surface area contributed by atoms with E-state index < -0.39 is 12.2 Å². The van der Waals surface area contributed by atoms with E-state index in [0.29, 0.717) is 0 Å². The lowest BCUT2D eigenvalue weighted by molar-refractivity contribution is -0.225. The number of hydrogen-bond acceptors (Lipinski definition) is 3. The Labute approximate surface area is 73.4 Å². The van der Waals surface area contributed by atoms with Gasteiger partial charge in [-0.25, -0.2) is 0 Å². The van der Waals surface area contributed by atoms with Gasteiger partial charge < -0.3 is 14.9 Å². The Morgan fingerprint density at radius 1 is 1.08 bits per heavy atom. The first-order valence-electron chi connectivity index (χ1n) is 4.40. The van der Waals surface area contributed by atoms with Crippen molar-refractivity contribution in [3.63, 3.8) is 0 Å². The van der Waals surface area contributed by atoms with E-state index in [9.17, 15) is 10.2 Å². The molecule has 0 amide bonds. The molecular weight excluding hydrogens is 156 g/mol. The molecule has 2 N–H and O–H groups in total. The van der Waals surface area contributed by atoms with Gasteiger partial charge in [0.05, 0.1) is 17.8 Å². The molecular formula is C9H18O3. The lowest BCUT2D eigenvalue weighted by Crippen LogP contribution is -2.56. The summed E-state index contributed by atoms with van der Waals surface area (Å²) >= 11 is 0. The zero-order valence-electron chi connectivity index (χ0n) is 8.11. The van der Waals surface area contributed by atoms with Crippen molar-refractivity contribution in [2.75, 3.05) is 0 Å². The van der Waals surface area contributed by atoms with Gasteiger partial charge in [-0.1, -0.05) is 6.92 Å². The fourth-order valence-electron chi connectivity index (χ4n) is 1.64. The smallest absolute Gasteiger partial charge is 0.106 e. The van der Waals surface area contributed by atoms with E-state index in [1.165, 1.54) is 0 Å². The molecule has 0 aromatic heterocycles. The zero-order chi connectivity index (χ0) is 9.52. The third-order valence-corrected chi connectivity index (χ3v) is 2.93. The summed E-state index contributed by atoms with van der Waals surface area (Å²) < 4.78 is 5.56. The summed E-state index contributed by atoms with van der Waals surface area (Å²) in [5.74, 6) is -0.0382. The molecule has 1 unspecified atom stereocenters. The molecule has 0 radical (unpaired) electrons. The molecule has 1 saturated heterocycles. The summed E-state index contributed by atoms with van der Waals surface area (Å²) in [7, 11) is 0. The molecule has 1 rings (SSSR count). The molecule has 4 atom stereocenters. The minimum atomic E-state index is -0.756. The van der Waals surface area contributed by atoms with E-state index in [-0.39, 0.29) is 17.6 Å². The lowest BCUT2D eigenvalue weighted by Gasteiger charge is -2.45. The zero-order valence-corrected chi connectivity index (χ0v) is 8.11. The van der Waals surface area contributed by atoms with Crippen molar-refractivity contribution < 1.29 is 14.9 Å². The first-order valence-corrected chi connectivity index (χ1v) is 4.40. The van der Waals surface area contributed by atoms with Gasteiger partial charge in [-0.2, -0.15) is 0 Å². The summed E-state index contributed by atoms with van der Waals surface area (Å²) in [6.45, 7) is 7.54. The highest BCUT2D eigenvalue weighted by Gasteiger charge is 2.44. The topological polar surface area (TPSA) is 49.7 Å². The minimum Gasteiger partial charge on any atom is -0.390 e. The van der Waals surface area contributed by atoms with E-state index in [1.807, 2.05) is 20.8 Å². The van der Waals surface area contributed by atoms with Crippen LogP contribution in [0.5, 0.6) is 0 Å². The monoisotopic (exact) mass is 174 g/mol. The van der Waals surface area contributed by atoms with E-state index in [0.717, 1.165) is 0 Å². The van der Waals surface area contributed by atoms with Gasteiger partial charge in [-0.05, 0) is 20.8 Å². The molecule has 3 nitrogen and oxygen atoms in total. The quantitative estimate of drug-likeness (QED) is 0.563. The van der Waals surface area contributed by atoms with Crippen molar-refractivity contribution in [2.45, 2.75) is 51.6 Å². The third-order valence-electron chi connectivity index (χ3n) is 2.93. The average molecular weight is 174 g/mol. The van der Waals surface area contributed by atoms with Gasteiger partial charge in [0.1, 0.15) is 6.10 Å². The largest absolute Gasteiger partial charge is 0.390 e. The lowest BCUT2D eigenvalue weighted by atomic mass is 9.81. The molecule has 1 fully saturated rings. The highest BCUT2D eigenvalue weighted by Crippen LogP contribution is 2.33. The second-order valence-corrected chi connectivity index (χ2v) is 4.20. The Bertz CT molecular complexity index is 167. The number of ether oxygens (including phenoxy) is 1. The normalized spacial score (nSPS) is 47.5. The van der Waals surface area contributed by atoms with Crippen LogP contribution in [0.1, 0.15) is 27.7 Å². The van der Waals surface area contributed by atoms with Crippen LogP contribution in [0.15, 0.2) is 0 Å². The molecule has 0 saturated carbocycles. The maximum atomic E-state index is 9.62. The van der Waals surface area contributed by atoms with Crippen LogP contribution < -0.4 is 0 Å². The minimum absolute atomic E-state index is 0.0382. The van der Waals surface area contributed by atoms with Crippen LogP contribution in [-0.2, 0) is 4.74 Å². The Morgan fingerprint density at radius 3 is 2.08 bits per heavy atom. The fourth-order valence-corrected chi connectivity index (χ4v) is 1.64. The van der Waals surface area contributed by atoms with Crippen LogP contribution in [0.3, 0.4) is 0 Å². The standard InChI is InChI=1S/C9H18O3/c1-5-7(10)8(11)6(2)12-9(5,3)4/h5-8,10-11H,1-4H3/t5-,6?,7+,8-/m1/s1. The van der Waals surface area contributed by atoms with Crippen LogP contribution in [0.25, 0.3) is 0 Å². The highest BCUT2D eigenvalue weighted by molar-refractivity contribution is 4.93. The van der Waals surface area contributed by atoms with Gasteiger partial charge >= 0.3 is 0 Å². The molecule has 0 bridgehead atoms. The van der Waals surface area contributed by atoms with Gasteiger partial charge in [0, 0.05) is 5.92 Å². The molecule has 3 heteroatoms. The van der Waals surface area contributed by atoms with E-state index in [2.05, 4.69) is 0 Å². The van der Waals surface area contributed by atoms with Gasteiger partial charge in [0.15, 0.2) is 0 Å². The number of hydrogen-bond donors (Lipinski definition) is 2. The summed E-state index contributed by atoms with van der Waals surface area (Å²) in [5, 5.41) is 19.1. The summed E-state index contributed by atoms with van der Waals surface area (Å²) in [4.78, 5) is 0. The highest BCUT2D eigenvalue weighted by atomic mass is 16.5. The first kappa shape index (κ1) is 9.96. The molecule has 1 heterocycles. The Kier molecular flexibility index (Phi) is 2.47. The number of aliphatic hydroxyl groups is 2. The second-order valence-electron chi connectivity index (χ2n) is 4.20. The van der Waals surface area contributed by atoms with Gasteiger partial charge in [0.25, 0.3) is 0 Å². The summed E-state index contributed by atoms with van der Waals surface area (Å²) in [6, 6.07) is 0. The Balaban J connectivity index is 2.78. The second kappa shape index (κ2) is 2.98. The molecule has 0 aromatic rings. The number of aliphatic hydroxyl groups excluding tert-OH is 2. The predicted octanol–water partition coefficient (Wildman–Crippen LogP) is 0.542. The third kappa shape index (κ3) is 1.49. The van der Waals surface area contributed by atoms with Crippen molar-refractivity contribution in [3.8, 4) is 0 Å². The van der Waals surface area contributed by atoms with Gasteiger partial charge in [-0.15, -0.1) is 0 Å². The fraction of sp³-hybridized carbons (Fsp3) is 1.00. The predicted molar refractivity (Wildman–Crippen MR) is 45.8 cm³/mol. The van der Waals surface area contributed by atoms with Crippen molar-refractivity contribution >= 4 is 0 Å². The maximum Gasteiger partial charge on any atom is 0.106 e. The van der Waals surface area contributed by atoms with Gasteiger partial charge in [0.2, 0.25) is 0 Å². The molecule has 1 aliphatic heterocycles. The van der Waals surface area contributed by atoms with Crippen molar-refractivity contribution in [1.29, 1.82) is 0 Å². The van der Waals surface area contributed by atoms with Crippen molar-refractivity contribution in [3.05, 3.63) is 0 Å². The molecule has 0 aliphatic carbocycles. The molecule has 0 aromatic carbocycles. The Hall–Kier alpha value is -0.120. The first-order chi connectivity index (χ1) is 5.36. The SMILES string of the molecule is CC1OC(C)(C)[C@H](C)[C@H](O)[C@@H]1O. The van der Waals surface area contributed by atoms with Crippen molar-refractivity contribution in [2.24, 2.45) is 5.92 Å². The van der Waals surface area contributed by atoms with E-state index in [4.69, 9.17) is 4.74 Å². The van der Waals surface area contributed by atoms with Gasteiger partial charge in [-0.3, -0.25) is 0 Å². The van der Waals surface area contributed by atoms with Crippen molar-refractivity contribution in [1.82, 2.24) is 0 Å². The summed E-state index contributed by atoms with van der Waals surface area (Å²) in [5.41, 5.74) is -0.349. The molecule has 0 spiro atoms. The van der Waals surface area contributed by atoms with E-state index >= 15 is 0 Å². The maximum absolute atomic E-state index is 9.62. The number of rotatable bonds is 0.